The fourth-order valence-corrected chi connectivity index (χ4v) is 5.15. The minimum Gasteiger partial charge on any atom is -0.484 e. The molecule has 2 aromatic heterocycles. The number of rotatable bonds is 8. The van der Waals surface area contributed by atoms with Gasteiger partial charge in [0.05, 0.1) is 17.4 Å². The highest BCUT2D eigenvalue weighted by Crippen LogP contribution is 2.29. The standard InChI is InChI=1S/C34H38F3N5O5/c1-33(2,3)47-32(44)39(4)25-9-13-30(38-20-25)46-27-12-8-24-18-29(40(5)28(24)19-27)31(43)42-16-14-41(15-17-42)21-23-6-10-26(11-7-23)45-22-34(35,36)37/h6-13,18-20H,14-17,21-22H2,1-5H3. The molecule has 0 unspecified atom stereocenters. The minimum atomic E-state index is -4.38. The van der Waals surface area contributed by atoms with Gasteiger partial charge in [-0.25, -0.2) is 9.78 Å². The molecule has 13 heteroatoms. The third-order valence-electron chi connectivity index (χ3n) is 7.63. The van der Waals surface area contributed by atoms with E-state index < -0.39 is 24.5 Å². The second-order valence-electron chi connectivity index (χ2n) is 12.4. The number of aromatic nitrogens is 2. The Morgan fingerprint density at radius 3 is 2.21 bits per heavy atom. The number of hydrogen-bond donors (Lipinski definition) is 0. The molecule has 2 aromatic carbocycles. The van der Waals surface area contributed by atoms with Crippen LogP contribution in [0.2, 0.25) is 0 Å². The van der Waals surface area contributed by atoms with Crippen molar-refractivity contribution < 1.29 is 37.0 Å². The molecular weight excluding hydrogens is 615 g/mol. The van der Waals surface area contributed by atoms with Gasteiger partial charge in [0.15, 0.2) is 6.61 Å². The van der Waals surface area contributed by atoms with Crippen LogP contribution in [0.25, 0.3) is 10.9 Å². The number of amides is 2. The topological polar surface area (TPSA) is 89.4 Å². The van der Waals surface area contributed by atoms with E-state index in [1.165, 1.54) is 23.2 Å². The number of alkyl halides is 3. The second-order valence-corrected chi connectivity index (χ2v) is 12.4. The van der Waals surface area contributed by atoms with E-state index in [4.69, 9.17) is 14.2 Å². The highest BCUT2D eigenvalue weighted by Gasteiger charge is 2.29. The van der Waals surface area contributed by atoms with Gasteiger partial charge in [-0.1, -0.05) is 12.1 Å². The molecule has 2 amide bonds. The van der Waals surface area contributed by atoms with Crippen LogP contribution in [0.15, 0.2) is 66.9 Å². The maximum Gasteiger partial charge on any atom is 0.422 e. The number of nitrogens with zero attached hydrogens (tertiary/aromatic N) is 5. The Morgan fingerprint density at radius 2 is 1.60 bits per heavy atom. The zero-order chi connectivity index (χ0) is 33.9. The van der Waals surface area contributed by atoms with Crippen LogP contribution >= 0.6 is 0 Å². The van der Waals surface area contributed by atoms with Gasteiger partial charge in [-0.2, -0.15) is 13.2 Å². The van der Waals surface area contributed by atoms with E-state index in [9.17, 15) is 22.8 Å². The van der Waals surface area contributed by atoms with Crippen molar-refractivity contribution in [1.82, 2.24) is 19.4 Å². The largest absolute Gasteiger partial charge is 0.484 e. The van der Waals surface area contributed by atoms with E-state index >= 15 is 0 Å². The van der Waals surface area contributed by atoms with E-state index in [0.717, 1.165) is 16.5 Å². The lowest BCUT2D eigenvalue weighted by molar-refractivity contribution is -0.153. The van der Waals surface area contributed by atoms with Crippen molar-refractivity contribution in [3.63, 3.8) is 0 Å². The molecule has 0 spiro atoms. The van der Waals surface area contributed by atoms with E-state index in [0.29, 0.717) is 55.7 Å². The summed E-state index contributed by atoms with van der Waals surface area (Å²) in [6.45, 7) is 7.14. The van der Waals surface area contributed by atoms with Crippen molar-refractivity contribution in [3.8, 4) is 17.4 Å². The number of benzene rings is 2. The number of fused-ring (bicyclic) bond motifs is 1. The number of aryl methyl sites for hydroxylation is 1. The van der Waals surface area contributed by atoms with Crippen molar-refractivity contribution in [2.24, 2.45) is 7.05 Å². The Bertz CT molecular complexity index is 1710. The fraction of sp³-hybridized carbons (Fsp3) is 0.382. The van der Waals surface area contributed by atoms with E-state index in [-0.39, 0.29) is 11.7 Å². The summed E-state index contributed by atoms with van der Waals surface area (Å²) in [6, 6.07) is 17.4. The van der Waals surface area contributed by atoms with Gasteiger partial charge in [-0.3, -0.25) is 14.6 Å². The Hall–Kier alpha value is -4.78. The number of ether oxygens (including phenoxy) is 3. The molecule has 3 heterocycles. The van der Waals surface area contributed by atoms with Gasteiger partial charge in [-0.05, 0) is 62.7 Å². The minimum absolute atomic E-state index is 0.0663. The summed E-state index contributed by atoms with van der Waals surface area (Å²) in [4.78, 5) is 35.6. The number of hydrogen-bond acceptors (Lipinski definition) is 7. The van der Waals surface area contributed by atoms with Gasteiger partial charge in [0.25, 0.3) is 5.91 Å². The van der Waals surface area contributed by atoms with Crippen LogP contribution in [-0.2, 0) is 18.3 Å². The molecule has 0 radical (unpaired) electrons. The average Bonchev–Trinajstić information content (AvgIpc) is 3.35. The SMILES string of the molecule is CN(C(=O)OC(C)(C)C)c1ccc(Oc2ccc3cc(C(=O)N4CCN(Cc5ccc(OCC(F)(F)F)cc5)CC4)n(C)c3c2)nc1. The van der Waals surface area contributed by atoms with Crippen LogP contribution in [0, 0.1) is 0 Å². The van der Waals surface area contributed by atoms with Gasteiger partial charge in [-0.15, -0.1) is 0 Å². The number of halogens is 3. The van der Waals surface area contributed by atoms with Crippen molar-refractivity contribution >= 4 is 28.6 Å². The predicted molar refractivity (Wildman–Crippen MR) is 171 cm³/mol. The van der Waals surface area contributed by atoms with Gasteiger partial charge in [0, 0.05) is 64.3 Å². The predicted octanol–water partition coefficient (Wildman–Crippen LogP) is 6.64. The number of carbonyl (C=O) groups is 2. The molecule has 0 aliphatic carbocycles. The lowest BCUT2D eigenvalue weighted by Gasteiger charge is -2.34. The number of piperazine rings is 1. The van der Waals surface area contributed by atoms with Gasteiger partial charge in [0.1, 0.15) is 22.8 Å². The Kier molecular flexibility index (Phi) is 9.66. The summed E-state index contributed by atoms with van der Waals surface area (Å²) in [6.07, 6.45) is -3.33. The van der Waals surface area contributed by atoms with E-state index in [1.807, 2.05) is 40.8 Å². The molecule has 1 aliphatic heterocycles. The molecule has 1 aliphatic rings. The molecule has 0 saturated carbocycles. The lowest BCUT2D eigenvalue weighted by atomic mass is 10.2. The molecule has 0 N–H and O–H groups in total. The smallest absolute Gasteiger partial charge is 0.422 e. The average molecular weight is 654 g/mol. The van der Waals surface area contributed by atoms with E-state index in [2.05, 4.69) is 9.88 Å². The first-order chi connectivity index (χ1) is 22.1. The normalized spacial score (nSPS) is 14.3. The molecule has 0 bridgehead atoms. The van der Waals surface area contributed by atoms with Gasteiger partial charge >= 0.3 is 12.3 Å². The first kappa shape index (κ1) is 33.6. The maximum atomic E-state index is 13.5. The zero-order valence-corrected chi connectivity index (χ0v) is 27.0. The van der Waals surface area contributed by atoms with Crippen LogP contribution in [-0.4, -0.2) is 83.0 Å². The molecule has 5 rings (SSSR count). The molecule has 10 nitrogen and oxygen atoms in total. The molecule has 0 atom stereocenters. The Labute approximate surface area is 271 Å². The molecular formula is C34H38F3N5O5. The second kappa shape index (κ2) is 13.5. The number of anilines is 1. The monoisotopic (exact) mass is 653 g/mol. The molecule has 1 saturated heterocycles. The van der Waals surface area contributed by atoms with Gasteiger partial charge in [0.2, 0.25) is 5.88 Å². The number of pyridine rings is 1. The highest BCUT2D eigenvalue weighted by molar-refractivity contribution is 5.99. The Balaban J connectivity index is 1.16. The zero-order valence-electron chi connectivity index (χ0n) is 27.0. The maximum absolute atomic E-state index is 13.5. The summed E-state index contributed by atoms with van der Waals surface area (Å²) < 4.78 is 55.2. The molecule has 250 valence electrons. The van der Waals surface area contributed by atoms with E-state index in [1.54, 1.807) is 52.1 Å². The van der Waals surface area contributed by atoms with Crippen molar-refractivity contribution in [2.45, 2.75) is 39.1 Å². The van der Waals surface area contributed by atoms with Gasteiger partial charge < -0.3 is 23.7 Å². The summed E-state index contributed by atoms with van der Waals surface area (Å²) in [7, 11) is 3.46. The van der Waals surface area contributed by atoms with Crippen LogP contribution in [0.3, 0.4) is 0 Å². The summed E-state index contributed by atoms with van der Waals surface area (Å²) in [5.74, 6) is 1.00. The summed E-state index contributed by atoms with van der Waals surface area (Å²) >= 11 is 0. The lowest BCUT2D eigenvalue weighted by Crippen LogP contribution is -2.48. The third kappa shape index (κ3) is 8.73. The summed E-state index contributed by atoms with van der Waals surface area (Å²) in [5.41, 5.74) is 2.29. The van der Waals surface area contributed by atoms with Crippen LogP contribution < -0.4 is 14.4 Å². The van der Waals surface area contributed by atoms with Crippen LogP contribution in [0.4, 0.5) is 23.7 Å². The van der Waals surface area contributed by atoms with Crippen LogP contribution in [0.5, 0.6) is 17.4 Å². The first-order valence-electron chi connectivity index (χ1n) is 15.2. The van der Waals surface area contributed by atoms with Crippen LogP contribution in [0.1, 0.15) is 36.8 Å². The number of carbonyl (C=O) groups excluding carboxylic acids is 2. The molecule has 4 aromatic rings. The highest BCUT2D eigenvalue weighted by atomic mass is 19.4. The summed E-state index contributed by atoms with van der Waals surface area (Å²) in [5, 5.41) is 0.895. The Morgan fingerprint density at radius 1 is 0.915 bits per heavy atom. The van der Waals surface area contributed by atoms with Crippen molar-refractivity contribution in [3.05, 3.63) is 78.1 Å². The molecule has 47 heavy (non-hydrogen) atoms. The van der Waals surface area contributed by atoms with Crippen molar-refractivity contribution in [1.29, 1.82) is 0 Å². The van der Waals surface area contributed by atoms with Crippen molar-refractivity contribution in [2.75, 3.05) is 44.7 Å². The third-order valence-corrected chi connectivity index (χ3v) is 7.63. The first-order valence-corrected chi connectivity index (χ1v) is 15.2. The molecule has 1 fully saturated rings. The fourth-order valence-electron chi connectivity index (χ4n) is 5.15. The quantitative estimate of drug-likeness (QED) is 0.211.